The molecule has 23 heavy (non-hydrogen) atoms. The Morgan fingerprint density at radius 1 is 1.22 bits per heavy atom. The van der Waals surface area contributed by atoms with E-state index in [9.17, 15) is 13.6 Å². The molecule has 1 aromatic heterocycles. The van der Waals surface area contributed by atoms with E-state index in [1.807, 2.05) is 24.5 Å². The van der Waals surface area contributed by atoms with Crippen LogP contribution in [0.3, 0.4) is 0 Å². The largest absolute Gasteiger partial charge is 0.433 e. The average Bonchev–Trinajstić information content (AvgIpc) is 2.51. The summed E-state index contributed by atoms with van der Waals surface area (Å²) >= 11 is 0. The molecule has 0 saturated heterocycles. The van der Waals surface area contributed by atoms with Gasteiger partial charge >= 0.3 is 6.61 Å². The van der Waals surface area contributed by atoms with Gasteiger partial charge in [0.15, 0.2) is 12.4 Å². The van der Waals surface area contributed by atoms with Crippen molar-refractivity contribution in [2.75, 3.05) is 5.32 Å². The molecule has 122 valence electrons. The Labute approximate surface area is 133 Å². The van der Waals surface area contributed by atoms with Crippen molar-refractivity contribution in [2.45, 2.75) is 32.9 Å². The Hall–Kier alpha value is -2.50. The summed E-state index contributed by atoms with van der Waals surface area (Å²) in [7, 11) is 0. The van der Waals surface area contributed by atoms with Gasteiger partial charge in [-0.1, -0.05) is 25.5 Å². The maximum atomic E-state index is 12.3. The average molecular weight is 321 g/mol. The lowest BCUT2D eigenvalue weighted by Gasteiger charge is -2.10. The van der Waals surface area contributed by atoms with Gasteiger partial charge in [0.25, 0.3) is 5.91 Å². The first-order chi connectivity index (χ1) is 11.1. The summed E-state index contributed by atoms with van der Waals surface area (Å²) in [6.45, 7) is -0.739. The van der Waals surface area contributed by atoms with Crippen LogP contribution < -0.4 is 14.6 Å². The monoisotopic (exact) mass is 321 g/mol. The number of hydrogen-bond donors (Lipinski definition) is 1. The SMILES string of the molecule is CCCc1cc[n+](CC(=O)Nc2ccccc2OC(F)F)cc1. The number of carbonyl (C=O) groups excluding carboxylic acids is 1. The lowest BCUT2D eigenvalue weighted by atomic mass is 10.2. The van der Waals surface area contributed by atoms with Crippen molar-refractivity contribution in [2.24, 2.45) is 0 Å². The van der Waals surface area contributed by atoms with Crippen LogP contribution in [0.5, 0.6) is 5.75 Å². The number of carbonyl (C=O) groups is 1. The molecule has 1 heterocycles. The second kappa shape index (κ2) is 8.22. The Morgan fingerprint density at radius 3 is 2.57 bits per heavy atom. The number of alkyl halides is 2. The minimum Gasteiger partial charge on any atom is -0.433 e. The number of nitrogens with one attached hydrogen (secondary N) is 1. The molecule has 0 radical (unpaired) electrons. The Bertz CT molecular complexity index is 645. The number of aryl methyl sites for hydroxylation is 1. The first-order valence-electron chi connectivity index (χ1n) is 7.40. The van der Waals surface area contributed by atoms with Crippen molar-refractivity contribution in [1.29, 1.82) is 0 Å². The van der Waals surface area contributed by atoms with E-state index in [4.69, 9.17) is 0 Å². The Balaban J connectivity index is 1.99. The smallest absolute Gasteiger partial charge is 0.387 e. The summed E-state index contributed by atoms with van der Waals surface area (Å²) in [5, 5.41) is 2.59. The molecule has 2 rings (SSSR count). The zero-order valence-electron chi connectivity index (χ0n) is 12.8. The van der Waals surface area contributed by atoms with E-state index in [0.717, 1.165) is 12.8 Å². The van der Waals surface area contributed by atoms with Gasteiger partial charge in [0, 0.05) is 12.1 Å². The highest BCUT2D eigenvalue weighted by atomic mass is 19.3. The van der Waals surface area contributed by atoms with Crippen LogP contribution in [0.2, 0.25) is 0 Å². The van der Waals surface area contributed by atoms with E-state index < -0.39 is 6.61 Å². The van der Waals surface area contributed by atoms with Gasteiger partial charge in [0.2, 0.25) is 6.54 Å². The molecule has 1 aromatic carbocycles. The molecule has 0 bridgehead atoms. The number of pyridine rings is 1. The van der Waals surface area contributed by atoms with Gasteiger partial charge in [-0.05, 0) is 24.1 Å². The van der Waals surface area contributed by atoms with E-state index in [1.54, 1.807) is 16.7 Å². The highest BCUT2D eigenvalue weighted by molar-refractivity contribution is 5.91. The fraction of sp³-hybridized carbons (Fsp3) is 0.294. The third-order valence-electron chi connectivity index (χ3n) is 3.20. The number of nitrogens with zero attached hydrogens (tertiary/aromatic N) is 1. The van der Waals surface area contributed by atoms with E-state index in [-0.39, 0.29) is 23.9 Å². The van der Waals surface area contributed by atoms with E-state index in [0.29, 0.717) is 0 Å². The lowest BCUT2D eigenvalue weighted by Crippen LogP contribution is -2.39. The summed E-state index contributed by atoms with van der Waals surface area (Å²) in [5.74, 6) is -0.372. The Morgan fingerprint density at radius 2 is 1.91 bits per heavy atom. The summed E-state index contributed by atoms with van der Waals surface area (Å²) in [6, 6.07) is 10.0. The number of amides is 1. The zero-order chi connectivity index (χ0) is 16.7. The molecule has 0 aliphatic carbocycles. The molecule has 0 atom stereocenters. The van der Waals surface area contributed by atoms with Crippen LogP contribution in [0.4, 0.5) is 14.5 Å². The van der Waals surface area contributed by atoms with E-state index in [1.165, 1.54) is 17.7 Å². The van der Waals surface area contributed by atoms with Crippen LogP contribution in [-0.4, -0.2) is 12.5 Å². The molecule has 0 fully saturated rings. The molecule has 0 unspecified atom stereocenters. The van der Waals surface area contributed by atoms with Crippen LogP contribution in [0.25, 0.3) is 0 Å². The quantitative estimate of drug-likeness (QED) is 0.796. The van der Waals surface area contributed by atoms with Gasteiger partial charge in [0.1, 0.15) is 5.75 Å². The number of para-hydroxylation sites is 2. The third kappa shape index (κ3) is 5.32. The molecule has 0 aliphatic heterocycles. The first kappa shape index (κ1) is 16.9. The highest BCUT2D eigenvalue weighted by Gasteiger charge is 2.14. The molecule has 0 spiro atoms. The lowest BCUT2D eigenvalue weighted by molar-refractivity contribution is -0.684. The van der Waals surface area contributed by atoms with Crippen LogP contribution in [0, 0.1) is 0 Å². The standard InChI is InChI=1S/C17H18F2N2O2/c1-2-5-13-8-10-21(11-9-13)12-16(22)20-14-6-3-4-7-15(14)23-17(18)19/h3-4,6-11,17H,2,5,12H2,1H3/p+1. The fourth-order valence-electron chi connectivity index (χ4n) is 2.17. The van der Waals surface area contributed by atoms with Crippen molar-refractivity contribution < 1.29 is 22.9 Å². The van der Waals surface area contributed by atoms with Crippen molar-refractivity contribution in [3.05, 3.63) is 54.4 Å². The third-order valence-corrected chi connectivity index (χ3v) is 3.20. The van der Waals surface area contributed by atoms with Crippen molar-refractivity contribution in [3.8, 4) is 5.75 Å². The molecular formula is C17H19F2N2O2+. The first-order valence-corrected chi connectivity index (χ1v) is 7.40. The van der Waals surface area contributed by atoms with Crippen LogP contribution in [0.15, 0.2) is 48.8 Å². The minimum absolute atomic E-state index is 0.0563. The Kier molecular flexibility index (Phi) is 6.02. The second-order valence-electron chi connectivity index (χ2n) is 5.05. The normalized spacial score (nSPS) is 10.6. The predicted molar refractivity (Wildman–Crippen MR) is 82.3 cm³/mol. The predicted octanol–water partition coefficient (Wildman–Crippen LogP) is 3.17. The molecule has 0 aliphatic rings. The van der Waals surface area contributed by atoms with Gasteiger partial charge in [0.05, 0.1) is 5.69 Å². The number of rotatable bonds is 7. The minimum atomic E-state index is -2.94. The fourth-order valence-corrected chi connectivity index (χ4v) is 2.17. The summed E-state index contributed by atoms with van der Waals surface area (Å²) in [4.78, 5) is 12.1. The maximum absolute atomic E-state index is 12.3. The van der Waals surface area contributed by atoms with Crippen molar-refractivity contribution >= 4 is 11.6 Å². The number of anilines is 1. The molecule has 2 aromatic rings. The molecule has 1 N–H and O–H groups in total. The molecular weight excluding hydrogens is 302 g/mol. The number of hydrogen-bond acceptors (Lipinski definition) is 2. The van der Waals surface area contributed by atoms with Gasteiger partial charge in [-0.2, -0.15) is 13.3 Å². The van der Waals surface area contributed by atoms with Crippen LogP contribution in [-0.2, 0) is 17.8 Å². The highest BCUT2D eigenvalue weighted by Crippen LogP contribution is 2.25. The molecule has 4 nitrogen and oxygen atoms in total. The summed E-state index contributed by atoms with van der Waals surface area (Å²) in [6.07, 6.45) is 5.70. The van der Waals surface area contributed by atoms with E-state index >= 15 is 0 Å². The number of benzene rings is 1. The molecule has 6 heteroatoms. The van der Waals surface area contributed by atoms with Crippen molar-refractivity contribution in [3.63, 3.8) is 0 Å². The number of ether oxygens (including phenoxy) is 1. The topological polar surface area (TPSA) is 42.2 Å². The molecule has 0 saturated carbocycles. The summed E-state index contributed by atoms with van der Waals surface area (Å²) in [5.41, 5.74) is 1.43. The zero-order valence-corrected chi connectivity index (χ0v) is 12.8. The van der Waals surface area contributed by atoms with Crippen molar-refractivity contribution in [1.82, 2.24) is 0 Å². The maximum Gasteiger partial charge on any atom is 0.387 e. The van der Waals surface area contributed by atoms with E-state index in [2.05, 4.69) is 17.0 Å². The van der Waals surface area contributed by atoms with Gasteiger partial charge in [-0.15, -0.1) is 0 Å². The second-order valence-corrected chi connectivity index (χ2v) is 5.05. The summed E-state index contributed by atoms with van der Waals surface area (Å²) < 4.78 is 30.8. The van der Waals surface area contributed by atoms with Gasteiger partial charge < -0.3 is 10.1 Å². The van der Waals surface area contributed by atoms with Gasteiger partial charge in [-0.3, -0.25) is 4.79 Å². The van der Waals surface area contributed by atoms with Crippen LogP contribution in [0.1, 0.15) is 18.9 Å². The van der Waals surface area contributed by atoms with Crippen LogP contribution >= 0.6 is 0 Å². The van der Waals surface area contributed by atoms with Gasteiger partial charge in [-0.25, -0.2) is 0 Å². The molecule has 1 amide bonds. The number of aromatic nitrogens is 1. The number of halogens is 2.